The van der Waals surface area contributed by atoms with Crippen molar-refractivity contribution in [1.29, 1.82) is 0 Å². The van der Waals surface area contributed by atoms with Gasteiger partial charge in [-0.3, -0.25) is 12.9 Å². The molecule has 137 heavy (non-hydrogen) atoms. The van der Waals surface area contributed by atoms with Crippen molar-refractivity contribution in [2.24, 2.45) is 10.8 Å². The molecule has 2 heterocycles. The summed E-state index contributed by atoms with van der Waals surface area (Å²) in [6.45, 7) is 58.6. The minimum atomic E-state index is -3.67. The number of aryl methyl sites for hydroxylation is 2. The summed E-state index contributed by atoms with van der Waals surface area (Å²) in [6, 6.07) is 113. The normalized spacial score (nSPS) is 13.9. The molecular formula is C116H148BCl4F4LiN3O2P2Ru2Si2+. The zero-order valence-electron chi connectivity index (χ0n) is 84.8. The summed E-state index contributed by atoms with van der Waals surface area (Å²) in [7, 11) is 16.4. The zero-order chi connectivity index (χ0) is 98.7. The molecule has 0 spiro atoms. The van der Waals surface area contributed by atoms with Crippen molar-refractivity contribution in [3.63, 3.8) is 0 Å². The number of nitrogens with zero attached hydrogens (tertiary/aromatic N) is 3. The number of hydrogen-bond acceptors (Lipinski definition) is 3. The number of anilines is 1. The van der Waals surface area contributed by atoms with E-state index in [1.54, 1.807) is 0 Å². The van der Waals surface area contributed by atoms with Crippen LogP contribution >= 0.6 is 54.6 Å². The van der Waals surface area contributed by atoms with Gasteiger partial charge in [-0.15, -0.1) is 5.41 Å². The average Bonchev–Trinajstić information content (AvgIpc) is 1.61. The number of ether oxygens (including phenoxy) is 2. The van der Waals surface area contributed by atoms with Crippen molar-refractivity contribution in [2.45, 2.75) is 226 Å². The predicted octanol–water partition coefficient (Wildman–Crippen LogP) is 26.9. The first-order chi connectivity index (χ1) is 63.2. The molecule has 2 aliphatic heterocycles. The molecule has 21 heteroatoms. The summed E-state index contributed by atoms with van der Waals surface area (Å²) in [5, 5.41) is 8.61. The van der Waals surface area contributed by atoms with Gasteiger partial charge in [0.2, 0.25) is 5.69 Å². The van der Waals surface area contributed by atoms with Gasteiger partial charge in [-0.25, -0.2) is 6.54 Å². The van der Waals surface area contributed by atoms with Crippen molar-refractivity contribution >= 4 is 148 Å². The summed E-state index contributed by atoms with van der Waals surface area (Å²) in [6.07, 6.45) is 11.4. The fourth-order valence-corrected chi connectivity index (χ4v) is 34.7. The summed E-state index contributed by atoms with van der Waals surface area (Å²) >= 11 is -3.65. The molecule has 12 aromatic carbocycles. The van der Waals surface area contributed by atoms with E-state index >= 15 is 0 Å². The van der Waals surface area contributed by atoms with Crippen LogP contribution in [0.3, 0.4) is 0 Å². The molecule has 1 saturated heterocycles. The van der Waals surface area contributed by atoms with Crippen molar-refractivity contribution < 1.29 is 77.6 Å². The fourth-order valence-electron chi connectivity index (χ4n) is 17.2. The van der Waals surface area contributed by atoms with Gasteiger partial charge < -0.3 is 19.0 Å². The molecule has 3 aliphatic rings. The van der Waals surface area contributed by atoms with E-state index < -0.39 is 66.9 Å². The van der Waals surface area contributed by atoms with Crippen LogP contribution in [0.2, 0.25) is 39.3 Å². The molecule has 0 aromatic heterocycles. The number of halogens is 8. The van der Waals surface area contributed by atoms with Crippen LogP contribution in [0.15, 0.2) is 334 Å². The molecule has 5 nitrogen and oxygen atoms in total. The molecule has 15 rings (SSSR count). The third-order valence-electron chi connectivity index (χ3n) is 21.4. The van der Waals surface area contributed by atoms with Gasteiger partial charge in [-0.05, 0) is 150 Å². The van der Waals surface area contributed by atoms with E-state index in [4.69, 9.17) is 52.9 Å². The SMILES string of the molecule is C.C/C=C/c1ccccc1OC(C)C.CC(C)Oc1ccccc1[CH]=[Ru]([Cl])[Cl].C[Si](C)(C)[N-][Si](C)(C)C.Cc1cccc(C(C)C)c1N1[CH-]C(C)(C)CC1(C)C.Cc1cccc(C(C)C)c1[N+]1=CC(C)(C)CC1(C)C.FB(F)F.[Cl][Ru]([Cl])=[C]1C=C(c2ccccc2)c2ccccc21.[F-].[Li+].c1ccc([PH+](c2ccccc2)c2ccccc2)cc1.c1ccc([PH+](c2ccccc2)c2ccccc2)cc1. The maximum Gasteiger partial charge on any atom is 1.00 e. The van der Waals surface area contributed by atoms with Gasteiger partial charge in [0, 0.05) is 53.6 Å². The number of fused-ring (bicyclic) bond motifs is 1. The maximum atomic E-state index is 9.67. The Morgan fingerprint density at radius 1 is 0.460 bits per heavy atom. The van der Waals surface area contributed by atoms with Gasteiger partial charge in [0.15, 0.2) is 11.8 Å². The summed E-state index contributed by atoms with van der Waals surface area (Å²) in [4.78, 5) is 2.53. The van der Waals surface area contributed by atoms with E-state index in [0.717, 1.165) is 26.7 Å². The maximum absolute atomic E-state index is 9.67. The van der Waals surface area contributed by atoms with Gasteiger partial charge in [0.25, 0.3) is 0 Å². The van der Waals surface area contributed by atoms with Crippen molar-refractivity contribution in [2.75, 3.05) is 4.90 Å². The second kappa shape index (κ2) is 59.1. The molecule has 0 saturated carbocycles. The quantitative estimate of drug-likeness (QED) is 0.0266. The molecule has 0 amide bonds. The van der Waals surface area contributed by atoms with Crippen LogP contribution in [0.4, 0.5) is 24.3 Å². The van der Waals surface area contributed by atoms with E-state index in [2.05, 4.69) is 425 Å². The van der Waals surface area contributed by atoms with E-state index in [0.29, 0.717) is 11.8 Å². The largest absolute Gasteiger partial charge is 1.00 e. The Labute approximate surface area is 866 Å². The minimum Gasteiger partial charge on any atom is -1.00 e. The van der Waals surface area contributed by atoms with Gasteiger partial charge in [-0.1, -0.05) is 301 Å². The van der Waals surface area contributed by atoms with Crippen LogP contribution in [-0.2, 0) is 27.0 Å². The topological polar surface area (TPSA) is 38.8 Å². The van der Waals surface area contributed by atoms with Crippen LogP contribution in [0, 0.1) is 31.2 Å². The number of rotatable bonds is 19. The smallest absolute Gasteiger partial charge is 1.00 e. The van der Waals surface area contributed by atoms with E-state index in [1.165, 1.54) is 101 Å². The fraction of sp³-hybridized carbons (Fsp3) is 0.310. The third kappa shape index (κ3) is 41.1. The van der Waals surface area contributed by atoms with Gasteiger partial charge in [0.05, 0.1) is 21.9 Å². The number of benzene rings is 12. The molecule has 0 bridgehead atoms. The van der Waals surface area contributed by atoms with E-state index in [9.17, 15) is 12.9 Å². The Morgan fingerprint density at radius 2 is 0.803 bits per heavy atom. The Hall–Kier alpha value is -7.03. The molecule has 0 atom stereocenters. The first-order valence-corrected chi connectivity index (χ1v) is 66.9. The number of para-hydroxylation sites is 4. The Morgan fingerprint density at radius 3 is 1.13 bits per heavy atom. The van der Waals surface area contributed by atoms with Gasteiger partial charge in [0.1, 0.15) is 37.6 Å². The first-order valence-electron chi connectivity index (χ1n) is 46.2. The van der Waals surface area contributed by atoms with Crippen LogP contribution in [0.25, 0.3) is 16.3 Å². The molecule has 1 aliphatic carbocycles. The number of hydrogen-bond donors (Lipinski definition) is 0. The standard InChI is InChI=1S/2C18H28N.2C18H15P.C15H10.C12H16O.C10H12O.C6H18NSi2.CH4.BF3.4ClH.FH.Li.2Ru/c2*1-13(2)15-10-8-9-14(3)16(15)19-12-17(4,5)11-18(19,6)7;2*1-4-10-16(11-5-1)19(17-12-6-2-7-13-17)18-14-8-3-9-15-18;1-2-6-12(7-3-1)15-11-10-13-8-4-5-9-14(13)15;1-4-7-11-8-5-6-9-12(11)13-10(2)3;1-8(2)11-10-7-5-4-6-9(10)3;1-8(2,3)7-9(4,5)6;;2-1(3)4;;;;;;;;/h2*8-10,12-13H,11H2,1-7H3;2*1-15H;1-9,11H;4-10H,1-3H3;3-8H,1-2H3;1-6H3;1H4;;5*1H;;;/q-1;+1;;;;;;-1;;;;;;;;+1;2*+2/p-3/b;;;;;7-4+;;;;;;;;;;;;. The van der Waals surface area contributed by atoms with Crippen molar-refractivity contribution in [3.8, 4) is 11.5 Å². The number of allylic oxidation sites excluding steroid dienone is 2. The third-order valence-corrected chi connectivity index (χ3v) is 37.2. The zero-order valence-corrected chi connectivity index (χ0v) is 95.3. The Balaban J connectivity index is 0.000000327. The van der Waals surface area contributed by atoms with Crippen LogP contribution in [0.5, 0.6) is 11.5 Å². The summed E-state index contributed by atoms with van der Waals surface area (Å²) < 4.78 is 50.6. The second-order valence-corrected chi connectivity index (χ2v) is 65.2. The first kappa shape index (κ1) is 122. The molecule has 0 N–H and O–H groups in total. The van der Waals surface area contributed by atoms with Crippen LogP contribution in [-0.4, -0.2) is 66.8 Å². The van der Waals surface area contributed by atoms with Crippen molar-refractivity contribution in [3.05, 3.63) is 395 Å². The van der Waals surface area contributed by atoms with E-state index in [1.807, 2.05) is 112 Å². The molecular weight excluding hydrogens is 2020 g/mol. The summed E-state index contributed by atoms with van der Waals surface area (Å²) in [5.74, 6) is 2.92. The van der Waals surface area contributed by atoms with Gasteiger partial charge in [-0.2, -0.15) is 4.58 Å². The molecule has 732 valence electrons. The van der Waals surface area contributed by atoms with Crippen LogP contribution < -0.4 is 69.8 Å². The van der Waals surface area contributed by atoms with Gasteiger partial charge >= 0.3 is 244 Å². The predicted molar refractivity (Wildman–Crippen MR) is 599 cm³/mol. The molecule has 0 unspecified atom stereocenters. The second-order valence-electron chi connectivity index (χ2n) is 39.1. The molecule has 0 radical (unpaired) electrons. The molecule has 12 aromatic rings. The minimum absolute atomic E-state index is 0. The Kier molecular flexibility index (Phi) is 52.8. The molecule has 1 fully saturated rings. The van der Waals surface area contributed by atoms with Crippen LogP contribution in [0.1, 0.15) is 200 Å². The van der Waals surface area contributed by atoms with E-state index in [-0.39, 0.29) is 65.1 Å². The average molecular weight is 2170 g/mol. The Bertz CT molecular complexity index is 5420. The monoisotopic (exact) mass is 2170 g/mol. The summed E-state index contributed by atoms with van der Waals surface area (Å²) in [5.41, 5.74) is 16.5. The van der Waals surface area contributed by atoms with Crippen molar-refractivity contribution in [1.82, 2.24) is 0 Å².